The summed E-state index contributed by atoms with van der Waals surface area (Å²) in [6.45, 7) is 2.16. The zero-order valence-electron chi connectivity index (χ0n) is 9.86. The van der Waals surface area contributed by atoms with Crippen LogP contribution in [0.25, 0.3) is 0 Å². The first kappa shape index (κ1) is 11.2. The molecular formula is C14H19NO. The molecule has 0 aliphatic heterocycles. The van der Waals surface area contributed by atoms with Gasteiger partial charge in [0, 0.05) is 0 Å². The summed E-state index contributed by atoms with van der Waals surface area (Å²) in [6, 6.07) is 8.44. The van der Waals surface area contributed by atoms with Gasteiger partial charge in [-0.05, 0) is 43.2 Å². The van der Waals surface area contributed by atoms with Crippen LogP contribution < -0.4 is 0 Å². The molecule has 0 aromatic heterocycles. The first-order valence-corrected chi connectivity index (χ1v) is 6.16. The summed E-state index contributed by atoms with van der Waals surface area (Å²) < 4.78 is 0. The van der Waals surface area contributed by atoms with E-state index in [0.29, 0.717) is 6.10 Å². The highest BCUT2D eigenvalue weighted by Gasteiger charge is 2.15. The van der Waals surface area contributed by atoms with Crippen molar-refractivity contribution in [1.29, 1.82) is 0 Å². The number of benzene rings is 1. The minimum atomic E-state index is 0.353. The van der Waals surface area contributed by atoms with Gasteiger partial charge in [-0.25, -0.2) is 0 Å². The summed E-state index contributed by atoms with van der Waals surface area (Å²) in [7, 11) is 0. The third-order valence-corrected chi connectivity index (χ3v) is 3.10. The maximum absolute atomic E-state index is 5.43. The van der Waals surface area contributed by atoms with Crippen LogP contribution in [0, 0.1) is 0 Å². The molecule has 16 heavy (non-hydrogen) atoms. The topological polar surface area (TPSA) is 21.6 Å². The first-order valence-electron chi connectivity index (χ1n) is 6.16. The third-order valence-electron chi connectivity index (χ3n) is 3.10. The fourth-order valence-corrected chi connectivity index (χ4v) is 2.01. The number of hydrogen-bond donors (Lipinski definition) is 0. The van der Waals surface area contributed by atoms with Gasteiger partial charge >= 0.3 is 0 Å². The molecule has 1 aliphatic carbocycles. The van der Waals surface area contributed by atoms with Gasteiger partial charge in [0.15, 0.2) is 0 Å². The van der Waals surface area contributed by atoms with Crippen LogP contribution in [0.4, 0.5) is 0 Å². The van der Waals surface area contributed by atoms with Crippen LogP contribution >= 0.6 is 0 Å². The third kappa shape index (κ3) is 3.09. The van der Waals surface area contributed by atoms with E-state index in [1.165, 1.54) is 18.4 Å². The molecule has 86 valence electrons. The highest BCUT2D eigenvalue weighted by atomic mass is 16.6. The fraction of sp³-hybridized carbons (Fsp3) is 0.500. The molecule has 0 radical (unpaired) electrons. The van der Waals surface area contributed by atoms with Crippen molar-refractivity contribution in [3.63, 3.8) is 0 Å². The summed E-state index contributed by atoms with van der Waals surface area (Å²) in [5.74, 6) is 0. The van der Waals surface area contributed by atoms with Crippen LogP contribution in [0.1, 0.15) is 43.7 Å². The lowest BCUT2D eigenvalue weighted by atomic mass is 10.1. The molecule has 2 heteroatoms. The largest absolute Gasteiger partial charge is 0.393 e. The fourth-order valence-electron chi connectivity index (χ4n) is 2.01. The maximum atomic E-state index is 5.43. The summed E-state index contributed by atoms with van der Waals surface area (Å²) in [6.07, 6.45) is 8.12. The minimum Gasteiger partial charge on any atom is -0.393 e. The van der Waals surface area contributed by atoms with E-state index in [9.17, 15) is 0 Å². The summed E-state index contributed by atoms with van der Waals surface area (Å²) >= 11 is 0. The Morgan fingerprint density at radius 1 is 1.25 bits per heavy atom. The average Bonchev–Trinajstić information content (AvgIpc) is 2.83. The van der Waals surface area contributed by atoms with Crippen molar-refractivity contribution < 1.29 is 4.84 Å². The molecule has 1 aromatic rings. The van der Waals surface area contributed by atoms with Crippen LogP contribution in [0.15, 0.2) is 29.4 Å². The molecule has 0 heterocycles. The molecule has 0 bridgehead atoms. The van der Waals surface area contributed by atoms with Gasteiger partial charge in [0.2, 0.25) is 0 Å². The van der Waals surface area contributed by atoms with E-state index < -0.39 is 0 Å². The summed E-state index contributed by atoms with van der Waals surface area (Å²) in [4.78, 5) is 5.43. The van der Waals surface area contributed by atoms with Crippen molar-refractivity contribution in [1.82, 2.24) is 0 Å². The molecule has 1 fully saturated rings. The second-order valence-electron chi connectivity index (χ2n) is 4.34. The molecule has 0 unspecified atom stereocenters. The van der Waals surface area contributed by atoms with Gasteiger partial charge in [0.25, 0.3) is 0 Å². The van der Waals surface area contributed by atoms with Crippen LogP contribution in [-0.4, -0.2) is 12.3 Å². The molecule has 0 amide bonds. The van der Waals surface area contributed by atoms with E-state index >= 15 is 0 Å². The number of hydrogen-bond acceptors (Lipinski definition) is 2. The average molecular weight is 217 g/mol. The molecule has 0 spiro atoms. The molecular weight excluding hydrogens is 198 g/mol. The van der Waals surface area contributed by atoms with Gasteiger partial charge in [-0.2, -0.15) is 0 Å². The van der Waals surface area contributed by atoms with E-state index in [4.69, 9.17) is 4.84 Å². The van der Waals surface area contributed by atoms with Gasteiger partial charge in [-0.3, -0.25) is 0 Å². The lowest BCUT2D eigenvalue weighted by molar-refractivity contribution is 0.0657. The zero-order valence-corrected chi connectivity index (χ0v) is 9.86. The van der Waals surface area contributed by atoms with Crippen molar-refractivity contribution in [3.05, 3.63) is 35.4 Å². The molecule has 0 N–H and O–H groups in total. The van der Waals surface area contributed by atoms with Crippen molar-refractivity contribution in [2.45, 2.75) is 45.1 Å². The zero-order chi connectivity index (χ0) is 11.2. The monoisotopic (exact) mass is 217 g/mol. The van der Waals surface area contributed by atoms with E-state index in [1.807, 2.05) is 0 Å². The lowest BCUT2D eigenvalue weighted by Gasteiger charge is -2.05. The summed E-state index contributed by atoms with van der Waals surface area (Å²) in [5, 5.41) is 4.05. The minimum absolute atomic E-state index is 0.353. The van der Waals surface area contributed by atoms with Crippen LogP contribution in [0.3, 0.4) is 0 Å². The highest BCUT2D eigenvalue weighted by molar-refractivity contribution is 5.79. The Morgan fingerprint density at radius 2 is 1.94 bits per heavy atom. The molecule has 2 rings (SSSR count). The van der Waals surface area contributed by atoms with Crippen LogP contribution in [0.2, 0.25) is 0 Å². The Hall–Kier alpha value is -1.31. The van der Waals surface area contributed by atoms with Crippen molar-refractivity contribution >= 4 is 6.21 Å². The number of rotatable bonds is 4. The van der Waals surface area contributed by atoms with Gasteiger partial charge < -0.3 is 4.84 Å². The number of nitrogens with zero attached hydrogens (tertiary/aromatic N) is 1. The van der Waals surface area contributed by atoms with Crippen LogP contribution in [0.5, 0.6) is 0 Å². The van der Waals surface area contributed by atoms with Crippen molar-refractivity contribution in [3.8, 4) is 0 Å². The Kier molecular flexibility index (Phi) is 3.97. The smallest absolute Gasteiger partial charge is 0.127 e. The Balaban J connectivity index is 1.84. The molecule has 0 atom stereocenters. The molecule has 0 saturated heterocycles. The van der Waals surface area contributed by atoms with Crippen molar-refractivity contribution in [2.75, 3.05) is 0 Å². The lowest BCUT2D eigenvalue weighted by Crippen LogP contribution is -2.02. The molecule has 2 nitrogen and oxygen atoms in total. The van der Waals surface area contributed by atoms with Gasteiger partial charge in [0.1, 0.15) is 6.10 Å². The predicted molar refractivity (Wildman–Crippen MR) is 66.8 cm³/mol. The molecule has 1 aliphatic rings. The maximum Gasteiger partial charge on any atom is 0.127 e. The number of aryl methyl sites for hydroxylation is 1. The quantitative estimate of drug-likeness (QED) is 0.558. The van der Waals surface area contributed by atoms with Gasteiger partial charge in [0.05, 0.1) is 6.21 Å². The van der Waals surface area contributed by atoms with E-state index in [1.54, 1.807) is 6.21 Å². The second kappa shape index (κ2) is 5.69. The number of oxime groups is 1. The van der Waals surface area contributed by atoms with E-state index in [-0.39, 0.29) is 0 Å². The standard InChI is InChI=1S/C14H19NO/c1-2-12-7-9-13(10-8-12)11-15-16-14-5-3-4-6-14/h7-11,14H,2-6H2,1H3. The van der Waals surface area contributed by atoms with E-state index in [2.05, 4.69) is 36.3 Å². The normalized spacial score (nSPS) is 17.1. The van der Waals surface area contributed by atoms with Gasteiger partial charge in [-0.1, -0.05) is 36.3 Å². The highest BCUT2D eigenvalue weighted by Crippen LogP contribution is 2.20. The Bertz CT molecular complexity index is 336. The predicted octanol–water partition coefficient (Wildman–Crippen LogP) is 3.54. The SMILES string of the molecule is CCc1ccc(C=NOC2CCCC2)cc1. The van der Waals surface area contributed by atoms with Crippen molar-refractivity contribution in [2.24, 2.45) is 5.16 Å². The van der Waals surface area contributed by atoms with Gasteiger partial charge in [-0.15, -0.1) is 0 Å². The first-order chi connectivity index (χ1) is 7.88. The molecule has 1 aromatic carbocycles. The van der Waals surface area contributed by atoms with Crippen LogP contribution in [-0.2, 0) is 11.3 Å². The Morgan fingerprint density at radius 3 is 2.56 bits per heavy atom. The Labute approximate surface area is 97.3 Å². The molecule has 1 saturated carbocycles. The summed E-state index contributed by atoms with van der Waals surface area (Å²) in [5.41, 5.74) is 2.46. The second-order valence-corrected chi connectivity index (χ2v) is 4.34. The van der Waals surface area contributed by atoms with E-state index in [0.717, 1.165) is 24.8 Å².